The summed E-state index contributed by atoms with van der Waals surface area (Å²) in [7, 11) is 0. The number of nitrogens with zero attached hydrogens (tertiary/aromatic N) is 1. The Labute approximate surface area is 98.6 Å². The van der Waals surface area contributed by atoms with E-state index in [0.717, 1.165) is 4.88 Å². The predicted molar refractivity (Wildman–Crippen MR) is 68.8 cm³/mol. The van der Waals surface area contributed by atoms with Crippen molar-refractivity contribution in [2.24, 2.45) is 5.73 Å². The number of thiophene rings is 1. The van der Waals surface area contributed by atoms with Crippen LogP contribution in [0, 0.1) is 11.3 Å². The van der Waals surface area contributed by atoms with E-state index < -0.39 is 0 Å². The second-order valence-corrected chi connectivity index (χ2v) is 4.59. The van der Waals surface area contributed by atoms with Crippen LogP contribution in [0.5, 0.6) is 0 Å². The first kappa shape index (κ1) is 10.7. The van der Waals surface area contributed by atoms with E-state index in [1.165, 1.54) is 10.1 Å². The molecule has 0 fully saturated rings. The molecule has 2 rings (SSSR count). The van der Waals surface area contributed by atoms with Crippen LogP contribution in [0.15, 0.2) is 35.9 Å². The number of nitriles is 1. The van der Waals surface area contributed by atoms with Crippen molar-refractivity contribution in [2.75, 3.05) is 0 Å². The molecule has 0 bridgehead atoms. The summed E-state index contributed by atoms with van der Waals surface area (Å²) in [6.07, 6.45) is 0.677. The second kappa shape index (κ2) is 4.38. The standard InChI is InChI=1S/C13H12N2S/c1-2-9(8-14)13(15)12-7-10-5-3-4-6-11(10)16-12/h3-7H,2,15H2,1H3/b13-9-. The number of hydrogen-bond donors (Lipinski definition) is 1. The van der Waals surface area contributed by atoms with E-state index >= 15 is 0 Å². The zero-order valence-electron chi connectivity index (χ0n) is 9.03. The van der Waals surface area contributed by atoms with E-state index in [1.807, 2.05) is 25.1 Å². The Balaban J connectivity index is 2.57. The molecule has 0 aliphatic heterocycles. The van der Waals surface area contributed by atoms with E-state index in [1.54, 1.807) is 11.3 Å². The van der Waals surface area contributed by atoms with Gasteiger partial charge in [-0.2, -0.15) is 5.26 Å². The molecule has 0 radical (unpaired) electrons. The van der Waals surface area contributed by atoms with Gasteiger partial charge in [-0.1, -0.05) is 25.1 Å². The maximum absolute atomic E-state index is 8.95. The number of allylic oxidation sites excluding steroid dienone is 1. The molecule has 0 saturated heterocycles. The van der Waals surface area contributed by atoms with Gasteiger partial charge in [0.15, 0.2) is 0 Å². The maximum atomic E-state index is 8.95. The third kappa shape index (κ3) is 1.80. The van der Waals surface area contributed by atoms with Gasteiger partial charge in [-0.05, 0) is 23.9 Å². The molecule has 0 amide bonds. The number of benzene rings is 1. The lowest BCUT2D eigenvalue weighted by molar-refractivity contribution is 1.15. The predicted octanol–water partition coefficient (Wildman–Crippen LogP) is 3.50. The average molecular weight is 228 g/mol. The molecule has 1 aromatic heterocycles. The van der Waals surface area contributed by atoms with Crippen LogP contribution < -0.4 is 5.73 Å². The fourth-order valence-corrected chi connectivity index (χ4v) is 2.64. The van der Waals surface area contributed by atoms with Gasteiger partial charge in [-0.15, -0.1) is 11.3 Å². The van der Waals surface area contributed by atoms with Crippen LogP contribution in [0.3, 0.4) is 0 Å². The summed E-state index contributed by atoms with van der Waals surface area (Å²) in [6, 6.07) is 12.3. The molecule has 1 aromatic carbocycles. The lowest BCUT2D eigenvalue weighted by atomic mass is 10.1. The quantitative estimate of drug-likeness (QED) is 0.800. The summed E-state index contributed by atoms with van der Waals surface area (Å²) in [4.78, 5) is 0.986. The summed E-state index contributed by atoms with van der Waals surface area (Å²) in [6.45, 7) is 1.94. The smallest absolute Gasteiger partial charge is 0.0969 e. The van der Waals surface area contributed by atoms with E-state index in [9.17, 15) is 0 Å². The molecular formula is C13H12N2S. The Bertz CT molecular complexity index is 554. The van der Waals surface area contributed by atoms with E-state index in [0.29, 0.717) is 17.7 Å². The first-order valence-electron chi connectivity index (χ1n) is 5.14. The van der Waals surface area contributed by atoms with Gasteiger partial charge in [-0.3, -0.25) is 0 Å². The van der Waals surface area contributed by atoms with Crippen molar-refractivity contribution < 1.29 is 0 Å². The van der Waals surface area contributed by atoms with Gasteiger partial charge in [0.05, 0.1) is 22.2 Å². The number of hydrogen-bond acceptors (Lipinski definition) is 3. The summed E-state index contributed by atoms with van der Waals surface area (Å²) in [5.41, 5.74) is 7.27. The molecule has 0 unspecified atom stereocenters. The van der Waals surface area contributed by atoms with Crippen molar-refractivity contribution in [3.05, 3.63) is 40.8 Å². The molecular weight excluding hydrogens is 216 g/mol. The van der Waals surface area contributed by atoms with E-state index in [2.05, 4.69) is 18.2 Å². The van der Waals surface area contributed by atoms with Crippen LogP contribution >= 0.6 is 11.3 Å². The lowest BCUT2D eigenvalue weighted by Crippen LogP contribution is -1.97. The van der Waals surface area contributed by atoms with Crippen LogP contribution in [0.2, 0.25) is 0 Å². The highest BCUT2D eigenvalue weighted by atomic mass is 32.1. The van der Waals surface area contributed by atoms with Gasteiger partial charge >= 0.3 is 0 Å². The fourth-order valence-electron chi connectivity index (χ4n) is 1.59. The third-order valence-corrected chi connectivity index (χ3v) is 3.65. The molecule has 16 heavy (non-hydrogen) atoms. The summed E-state index contributed by atoms with van der Waals surface area (Å²) < 4.78 is 1.20. The normalized spacial score (nSPS) is 12.2. The molecule has 1 heterocycles. The number of nitrogens with two attached hydrogens (primary N) is 1. The molecule has 2 aromatic rings. The Kier molecular flexibility index (Phi) is 2.93. The zero-order valence-corrected chi connectivity index (χ0v) is 9.84. The van der Waals surface area contributed by atoms with Crippen molar-refractivity contribution in [3.8, 4) is 6.07 Å². The first-order chi connectivity index (χ1) is 7.76. The highest BCUT2D eigenvalue weighted by Gasteiger charge is 2.07. The van der Waals surface area contributed by atoms with E-state index in [4.69, 9.17) is 11.0 Å². The van der Waals surface area contributed by atoms with Crippen LogP contribution in [0.4, 0.5) is 0 Å². The minimum absolute atomic E-state index is 0.617. The Morgan fingerprint density at radius 1 is 1.44 bits per heavy atom. The summed E-state index contributed by atoms with van der Waals surface area (Å²) in [5.74, 6) is 0. The minimum Gasteiger partial charge on any atom is -0.397 e. The number of fused-ring (bicyclic) bond motifs is 1. The van der Waals surface area contributed by atoms with Crippen molar-refractivity contribution in [2.45, 2.75) is 13.3 Å². The molecule has 0 spiro atoms. The van der Waals surface area contributed by atoms with Gasteiger partial charge in [-0.25, -0.2) is 0 Å². The fraction of sp³-hybridized carbons (Fsp3) is 0.154. The molecule has 80 valence electrons. The number of rotatable bonds is 2. The van der Waals surface area contributed by atoms with Gasteiger partial charge in [0.2, 0.25) is 0 Å². The van der Waals surface area contributed by atoms with E-state index in [-0.39, 0.29) is 0 Å². The van der Waals surface area contributed by atoms with Gasteiger partial charge < -0.3 is 5.73 Å². The maximum Gasteiger partial charge on any atom is 0.0969 e. The molecule has 3 heteroatoms. The topological polar surface area (TPSA) is 49.8 Å². The molecule has 0 aliphatic carbocycles. The van der Waals surface area contributed by atoms with Crippen molar-refractivity contribution in [1.29, 1.82) is 5.26 Å². The SMILES string of the molecule is CC/C(C#N)=C(/N)c1cc2ccccc2s1. The van der Waals surface area contributed by atoms with Gasteiger partial charge in [0, 0.05) is 4.70 Å². The van der Waals surface area contributed by atoms with Gasteiger partial charge in [0.25, 0.3) is 0 Å². The minimum atomic E-state index is 0.617. The lowest BCUT2D eigenvalue weighted by Gasteiger charge is -1.99. The molecule has 0 aliphatic rings. The monoisotopic (exact) mass is 228 g/mol. The van der Waals surface area contributed by atoms with Crippen LogP contribution in [0.1, 0.15) is 18.2 Å². The average Bonchev–Trinajstić information content (AvgIpc) is 2.74. The van der Waals surface area contributed by atoms with Crippen molar-refractivity contribution in [3.63, 3.8) is 0 Å². The van der Waals surface area contributed by atoms with Crippen molar-refractivity contribution >= 4 is 27.1 Å². The molecule has 0 saturated carbocycles. The summed E-state index contributed by atoms with van der Waals surface area (Å²) >= 11 is 1.63. The Hall–Kier alpha value is -1.79. The van der Waals surface area contributed by atoms with Gasteiger partial charge in [0.1, 0.15) is 0 Å². The van der Waals surface area contributed by atoms with Crippen molar-refractivity contribution in [1.82, 2.24) is 0 Å². The van der Waals surface area contributed by atoms with Crippen LogP contribution in [0.25, 0.3) is 15.8 Å². The largest absolute Gasteiger partial charge is 0.397 e. The molecule has 2 N–H and O–H groups in total. The highest BCUT2D eigenvalue weighted by Crippen LogP contribution is 2.29. The van der Waals surface area contributed by atoms with Crippen LogP contribution in [-0.4, -0.2) is 0 Å². The van der Waals surface area contributed by atoms with Crippen LogP contribution in [-0.2, 0) is 0 Å². The Morgan fingerprint density at radius 3 is 2.81 bits per heavy atom. The molecule has 2 nitrogen and oxygen atoms in total. The summed E-state index contributed by atoms with van der Waals surface area (Å²) in [5, 5.41) is 10.1. The first-order valence-corrected chi connectivity index (χ1v) is 5.95. The zero-order chi connectivity index (χ0) is 11.5. The molecule has 0 atom stereocenters. The third-order valence-electron chi connectivity index (χ3n) is 2.50. The highest BCUT2D eigenvalue weighted by molar-refractivity contribution is 7.20. The Morgan fingerprint density at radius 2 is 2.19 bits per heavy atom. The second-order valence-electron chi connectivity index (χ2n) is 3.51.